The number of thiophene rings is 1. The molecule has 1 amide bonds. The SMILES string of the molecule is CNC(=O)c1cc(S(=O)(=O)N[C@H](c2ccccn2)C2CC(O)C2)cs1. The third-order valence-corrected chi connectivity index (χ3v) is 6.74. The van der Waals surface area contributed by atoms with Crippen LogP contribution in [0.25, 0.3) is 0 Å². The lowest BCUT2D eigenvalue weighted by molar-refractivity contribution is 0.0273. The molecule has 2 heterocycles. The Morgan fingerprint density at radius 2 is 2.16 bits per heavy atom. The van der Waals surface area contributed by atoms with Gasteiger partial charge in [-0.2, -0.15) is 0 Å². The summed E-state index contributed by atoms with van der Waals surface area (Å²) >= 11 is 1.07. The number of aliphatic hydroxyl groups excluding tert-OH is 1. The van der Waals surface area contributed by atoms with Crippen molar-refractivity contribution in [3.8, 4) is 0 Å². The van der Waals surface area contributed by atoms with Crippen LogP contribution in [0.1, 0.15) is 34.2 Å². The number of rotatable bonds is 6. The number of pyridine rings is 1. The first-order valence-electron chi connectivity index (χ1n) is 7.82. The minimum atomic E-state index is -3.81. The Morgan fingerprint density at radius 3 is 2.76 bits per heavy atom. The van der Waals surface area contributed by atoms with E-state index < -0.39 is 22.2 Å². The van der Waals surface area contributed by atoms with Crippen LogP contribution in [0.3, 0.4) is 0 Å². The molecule has 1 saturated carbocycles. The molecule has 0 aliphatic heterocycles. The number of nitrogens with zero attached hydrogens (tertiary/aromatic N) is 1. The van der Waals surface area contributed by atoms with Crippen molar-refractivity contribution in [2.45, 2.75) is 29.9 Å². The summed E-state index contributed by atoms with van der Waals surface area (Å²) in [6.45, 7) is 0. The van der Waals surface area contributed by atoms with Gasteiger partial charge in [-0.15, -0.1) is 11.3 Å². The fourth-order valence-corrected chi connectivity index (χ4v) is 5.29. The van der Waals surface area contributed by atoms with E-state index in [0.717, 1.165) is 11.3 Å². The van der Waals surface area contributed by atoms with Crippen LogP contribution in [-0.2, 0) is 10.0 Å². The molecule has 0 radical (unpaired) electrons. The average molecular weight is 381 g/mol. The number of hydrogen-bond acceptors (Lipinski definition) is 6. The van der Waals surface area contributed by atoms with Crippen LogP contribution in [0.5, 0.6) is 0 Å². The van der Waals surface area contributed by atoms with Crippen molar-refractivity contribution in [1.29, 1.82) is 0 Å². The van der Waals surface area contributed by atoms with Gasteiger partial charge in [0.25, 0.3) is 5.91 Å². The zero-order chi connectivity index (χ0) is 18.0. The molecule has 0 spiro atoms. The molecular weight excluding hydrogens is 362 g/mol. The molecule has 7 nitrogen and oxygen atoms in total. The highest BCUT2D eigenvalue weighted by Crippen LogP contribution is 2.38. The quantitative estimate of drug-likeness (QED) is 0.699. The van der Waals surface area contributed by atoms with E-state index in [4.69, 9.17) is 0 Å². The Bertz CT molecular complexity index is 845. The molecule has 3 N–H and O–H groups in total. The topological polar surface area (TPSA) is 108 Å². The number of amides is 1. The van der Waals surface area contributed by atoms with Gasteiger partial charge in [0, 0.05) is 18.6 Å². The number of carbonyl (C=O) groups is 1. The van der Waals surface area contributed by atoms with Crippen LogP contribution in [-0.4, -0.2) is 37.6 Å². The van der Waals surface area contributed by atoms with E-state index in [-0.39, 0.29) is 16.7 Å². The first kappa shape index (κ1) is 18.0. The number of aliphatic hydroxyl groups is 1. The summed E-state index contributed by atoms with van der Waals surface area (Å²) in [6, 6.07) is 6.17. The van der Waals surface area contributed by atoms with Gasteiger partial charge in [-0.05, 0) is 37.0 Å². The van der Waals surface area contributed by atoms with Crippen molar-refractivity contribution in [3.05, 3.63) is 46.4 Å². The summed E-state index contributed by atoms with van der Waals surface area (Å²) in [5, 5.41) is 13.5. The molecule has 0 aromatic carbocycles. The second-order valence-electron chi connectivity index (χ2n) is 5.96. The summed E-state index contributed by atoms with van der Waals surface area (Å²) in [5.41, 5.74) is 0.615. The molecule has 2 aromatic heterocycles. The van der Waals surface area contributed by atoms with E-state index in [1.807, 2.05) is 0 Å². The normalized spacial score (nSPS) is 21.4. The third kappa shape index (κ3) is 3.90. The lowest BCUT2D eigenvalue weighted by Gasteiger charge is -2.37. The molecule has 3 rings (SSSR count). The summed E-state index contributed by atoms with van der Waals surface area (Å²) in [7, 11) is -2.31. The van der Waals surface area contributed by atoms with Crippen LogP contribution in [0, 0.1) is 5.92 Å². The van der Waals surface area contributed by atoms with Gasteiger partial charge in [0.2, 0.25) is 10.0 Å². The zero-order valence-corrected chi connectivity index (χ0v) is 15.2. The third-order valence-electron chi connectivity index (χ3n) is 4.25. The van der Waals surface area contributed by atoms with Crippen molar-refractivity contribution in [2.24, 2.45) is 5.92 Å². The fourth-order valence-electron chi connectivity index (χ4n) is 2.80. The average Bonchev–Trinajstić information content (AvgIpc) is 3.08. The predicted molar refractivity (Wildman–Crippen MR) is 93.7 cm³/mol. The van der Waals surface area contributed by atoms with Crippen molar-refractivity contribution in [1.82, 2.24) is 15.0 Å². The molecule has 25 heavy (non-hydrogen) atoms. The number of nitrogens with one attached hydrogen (secondary N) is 2. The highest BCUT2D eigenvalue weighted by Gasteiger charge is 2.38. The first-order valence-corrected chi connectivity index (χ1v) is 10.2. The van der Waals surface area contributed by atoms with Crippen molar-refractivity contribution in [2.75, 3.05) is 7.05 Å². The number of aromatic nitrogens is 1. The van der Waals surface area contributed by atoms with Crippen LogP contribution in [0.4, 0.5) is 0 Å². The Balaban J connectivity index is 1.85. The molecule has 1 fully saturated rings. The fraction of sp³-hybridized carbons (Fsp3) is 0.375. The summed E-state index contributed by atoms with van der Waals surface area (Å²) < 4.78 is 28.2. The van der Waals surface area contributed by atoms with Crippen molar-refractivity contribution < 1.29 is 18.3 Å². The molecule has 134 valence electrons. The van der Waals surface area contributed by atoms with Gasteiger partial charge >= 0.3 is 0 Å². The Labute approximate surface area is 150 Å². The van der Waals surface area contributed by atoms with Crippen molar-refractivity contribution >= 4 is 27.3 Å². The number of carbonyl (C=O) groups excluding carboxylic acids is 1. The highest BCUT2D eigenvalue weighted by molar-refractivity contribution is 7.89. The van der Waals surface area contributed by atoms with Crippen molar-refractivity contribution in [3.63, 3.8) is 0 Å². The smallest absolute Gasteiger partial charge is 0.261 e. The molecule has 9 heteroatoms. The van der Waals surface area contributed by atoms with Crippen LogP contribution < -0.4 is 10.0 Å². The van der Waals surface area contributed by atoms with Crippen LogP contribution >= 0.6 is 11.3 Å². The molecule has 1 aliphatic carbocycles. The highest BCUT2D eigenvalue weighted by atomic mass is 32.2. The van der Waals surface area contributed by atoms with Crippen LogP contribution in [0.15, 0.2) is 40.7 Å². The van der Waals surface area contributed by atoms with Gasteiger partial charge in [-0.1, -0.05) is 6.07 Å². The zero-order valence-electron chi connectivity index (χ0n) is 13.5. The predicted octanol–water partition coefficient (Wildman–Crippen LogP) is 1.29. The Morgan fingerprint density at radius 1 is 1.40 bits per heavy atom. The summed E-state index contributed by atoms with van der Waals surface area (Å²) in [5.74, 6) is -0.341. The monoisotopic (exact) mass is 381 g/mol. The van der Waals surface area contributed by atoms with Gasteiger partial charge in [-0.25, -0.2) is 13.1 Å². The van der Waals surface area contributed by atoms with E-state index in [2.05, 4.69) is 15.0 Å². The second-order valence-corrected chi connectivity index (χ2v) is 8.59. The molecule has 0 saturated heterocycles. The minimum absolute atomic E-state index is 0.0169. The van der Waals surface area contributed by atoms with Crippen LogP contribution in [0.2, 0.25) is 0 Å². The maximum atomic E-state index is 12.7. The lowest BCUT2D eigenvalue weighted by Crippen LogP contribution is -2.41. The molecule has 1 atom stereocenters. The molecule has 1 aliphatic rings. The molecule has 0 bridgehead atoms. The van der Waals surface area contributed by atoms with Gasteiger partial charge in [-0.3, -0.25) is 9.78 Å². The maximum Gasteiger partial charge on any atom is 0.261 e. The minimum Gasteiger partial charge on any atom is -0.393 e. The molecular formula is C16H19N3O4S2. The molecule has 0 unspecified atom stereocenters. The van der Waals surface area contributed by atoms with E-state index >= 15 is 0 Å². The summed E-state index contributed by atoms with van der Waals surface area (Å²) in [6.07, 6.45) is 2.26. The summed E-state index contributed by atoms with van der Waals surface area (Å²) in [4.78, 5) is 16.3. The second kappa shape index (κ2) is 7.20. The number of sulfonamides is 1. The van der Waals surface area contributed by atoms with Gasteiger partial charge in [0.15, 0.2) is 0 Å². The number of hydrogen-bond donors (Lipinski definition) is 3. The first-order chi connectivity index (χ1) is 11.9. The van der Waals surface area contributed by atoms with E-state index in [9.17, 15) is 18.3 Å². The molecule has 2 aromatic rings. The van der Waals surface area contributed by atoms with E-state index in [0.29, 0.717) is 23.4 Å². The van der Waals surface area contributed by atoms with Gasteiger partial charge in [0.05, 0.1) is 27.6 Å². The van der Waals surface area contributed by atoms with E-state index in [1.165, 1.54) is 18.5 Å². The standard InChI is InChI=1S/C16H19N3O4S2/c1-17-16(21)14-8-12(9-24-14)25(22,23)19-15(10-6-11(20)7-10)13-4-2-3-5-18-13/h2-5,8-11,15,19-20H,6-7H2,1H3,(H,17,21)/t10?,11?,15-/m0/s1. The van der Waals surface area contributed by atoms with Gasteiger partial charge in [0.1, 0.15) is 0 Å². The van der Waals surface area contributed by atoms with E-state index in [1.54, 1.807) is 24.4 Å². The van der Waals surface area contributed by atoms with Gasteiger partial charge < -0.3 is 10.4 Å². The maximum absolute atomic E-state index is 12.7. The lowest BCUT2D eigenvalue weighted by atomic mass is 9.76. The largest absolute Gasteiger partial charge is 0.393 e. The Hall–Kier alpha value is -1.81. The Kier molecular flexibility index (Phi) is 5.19.